The first-order valence-corrected chi connectivity index (χ1v) is 7.58. The number of esters is 1. The van der Waals surface area contributed by atoms with Crippen molar-refractivity contribution < 1.29 is 18.8 Å². The molecule has 2 aromatic rings. The van der Waals surface area contributed by atoms with Gasteiger partial charge >= 0.3 is 11.6 Å². The van der Waals surface area contributed by atoms with Gasteiger partial charge in [0.05, 0.1) is 18.8 Å². The van der Waals surface area contributed by atoms with E-state index in [9.17, 15) is 14.4 Å². The summed E-state index contributed by atoms with van der Waals surface area (Å²) in [6, 6.07) is 8.96. The lowest BCUT2D eigenvalue weighted by atomic mass is 10.0. The molecule has 1 atom stereocenters. The van der Waals surface area contributed by atoms with E-state index < -0.39 is 23.5 Å². The van der Waals surface area contributed by atoms with E-state index >= 15 is 0 Å². The summed E-state index contributed by atoms with van der Waals surface area (Å²) in [6.45, 7) is 1.76. The molecule has 0 N–H and O–H groups in total. The molecule has 0 aliphatic carbocycles. The number of hydrogen-bond donors (Lipinski definition) is 0. The molecule has 0 unspecified atom stereocenters. The van der Waals surface area contributed by atoms with E-state index in [-0.39, 0.29) is 12.2 Å². The fourth-order valence-corrected chi connectivity index (χ4v) is 2.26. The fourth-order valence-electron chi connectivity index (χ4n) is 2.26. The molecule has 1 aromatic heterocycles. The molecule has 1 heterocycles. The van der Waals surface area contributed by atoms with Gasteiger partial charge in [0.25, 0.3) is 5.91 Å². The molecule has 0 spiro atoms. The summed E-state index contributed by atoms with van der Waals surface area (Å²) in [5.74, 6) is -1.24. The molecule has 0 saturated carbocycles. The van der Waals surface area contributed by atoms with Crippen LogP contribution in [-0.2, 0) is 11.2 Å². The van der Waals surface area contributed by atoms with E-state index in [4.69, 9.17) is 9.26 Å². The van der Waals surface area contributed by atoms with E-state index in [2.05, 4.69) is 0 Å². The standard InChI is InChI=1S/C17H20N2O5/c1-4-23-16(21)13-11-19(24-17(13)22)15(20)14(18(2)3)10-12-8-6-5-7-9-12/h5-9,11,14H,4,10H2,1-3H3/t14-/m0/s1. The number of benzene rings is 1. The number of carbonyl (C=O) groups excluding carboxylic acids is 2. The maximum Gasteiger partial charge on any atom is 0.372 e. The minimum Gasteiger partial charge on any atom is -0.462 e. The summed E-state index contributed by atoms with van der Waals surface area (Å²) in [5, 5.41) is 0. The Labute approximate surface area is 139 Å². The number of ether oxygens (including phenoxy) is 1. The highest BCUT2D eigenvalue weighted by molar-refractivity contribution is 5.90. The number of likely N-dealkylation sites (N-methyl/N-ethyl adjacent to an activating group) is 1. The molecule has 0 amide bonds. The molecule has 0 aliphatic rings. The van der Waals surface area contributed by atoms with Crippen LogP contribution in [0.15, 0.2) is 45.8 Å². The Bertz CT molecular complexity index is 761. The van der Waals surface area contributed by atoms with Gasteiger partial charge in [-0.2, -0.15) is 0 Å². The minimum absolute atomic E-state index is 0.131. The third kappa shape index (κ3) is 3.99. The van der Waals surface area contributed by atoms with Crippen molar-refractivity contribution in [2.45, 2.75) is 19.4 Å². The van der Waals surface area contributed by atoms with Crippen LogP contribution in [0.1, 0.15) is 27.6 Å². The monoisotopic (exact) mass is 332 g/mol. The highest BCUT2D eigenvalue weighted by Crippen LogP contribution is 2.10. The average molecular weight is 332 g/mol. The van der Waals surface area contributed by atoms with Gasteiger partial charge in [-0.1, -0.05) is 30.3 Å². The second-order valence-corrected chi connectivity index (χ2v) is 5.48. The van der Waals surface area contributed by atoms with E-state index in [0.717, 1.165) is 16.5 Å². The van der Waals surface area contributed by atoms with E-state index in [0.29, 0.717) is 6.42 Å². The van der Waals surface area contributed by atoms with Gasteiger partial charge in [0.2, 0.25) is 0 Å². The summed E-state index contributed by atoms with van der Waals surface area (Å²) < 4.78 is 10.5. The average Bonchev–Trinajstić information content (AvgIpc) is 2.95. The van der Waals surface area contributed by atoms with Crippen molar-refractivity contribution in [3.05, 3.63) is 58.1 Å². The van der Waals surface area contributed by atoms with Crippen LogP contribution in [0.4, 0.5) is 0 Å². The highest BCUT2D eigenvalue weighted by atomic mass is 16.5. The maximum atomic E-state index is 12.7. The molecule has 0 radical (unpaired) electrons. The van der Waals surface area contributed by atoms with Gasteiger partial charge in [0.1, 0.15) is 0 Å². The minimum atomic E-state index is -0.890. The first kappa shape index (κ1) is 17.7. The van der Waals surface area contributed by atoms with Crippen molar-refractivity contribution in [1.29, 1.82) is 0 Å². The fraction of sp³-hybridized carbons (Fsp3) is 0.353. The lowest BCUT2D eigenvalue weighted by molar-refractivity contribution is 0.0522. The smallest absolute Gasteiger partial charge is 0.372 e. The first-order valence-electron chi connectivity index (χ1n) is 7.58. The zero-order valence-electron chi connectivity index (χ0n) is 13.9. The summed E-state index contributed by atoms with van der Waals surface area (Å²) in [5.41, 5.74) is -0.203. The number of rotatable bonds is 6. The van der Waals surface area contributed by atoms with Gasteiger partial charge < -0.3 is 9.26 Å². The summed E-state index contributed by atoms with van der Waals surface area (Å²) >= 11 is 0. The molecular formula is C17H20N2O5. The highest BCUT2D eigenvalue weighted by Gasteiger charge is 2.27. The third-order valence-corrected chi connectivity index (χ3v) is 3.54. The van der Waals surface area contributed by atoms with Crippen LogP contribution in [0.25, 0.3) is 0 Å². The van der Waals surface area contributed by atoms with Crippen molar-refractivity contribution in [3.8, 4) is 0 Å². The second kappa shape index (κ2) is 7.74. The van der Waals surface area contributed by atoms with Crippen LogP contribution >= 0.6 is 0 Å². The van der Waals surface area contributed by atoms with Gasteiger partial charge in [-0.05, 0) is 33.0 Å². The number of hydrogen-bond acceptors (Lipinski definition) is 6. The Morgan fingerprint density at radius 1 is 1.25 bits per heavy atom. The molecule has 0 saturated heterocycles. The molecule has 7 heteroatoms. The van der Waals surface area contributed by atoms with Crippen LogP contribution in [0.2, 0.25) is 0 Å². The van der Waals surface area contributed by atoms with Gasteiger partial charge in [-0.15, -0.1) is 4.74 Å². The first-order chi connectivity index (χ1) is 11.4. The van der Waals surface area contributed by atoms with Crippen LogP contribution in [-0.4, -0.2) is 48.3 Å². The quantitative estimate of drug-likeness (QED) is 0.744. The topological polar surface area (TPSA) is 81.8 Å². The van der Waals surface area contributed by atoms with Crippen molar-refractivity contribution in [1.82, 2.24) is 9.64 Å². The number of carbonyl (C=O) groups is 2. The Morgan fingerprint density at radius 3 is 2.50 bits per heavy atom. The molecular weight excluding hydrogens is 312 g/mol. The Balaban J connectivity index is 2.26. The maximum absolute atomic E-state index is 12.7. The van der Waals surface area contributed by atoms with Crippen LogP contribution < -0.4 is 5.63 Å². The number of nitrogens with zero attached hydrogens (tertiary/aromatic N) is 2. The molecule has 0 bridgehead atoms. The normalized spacial score (nSPS) is 12.2. The Kier molecular flexibility index (Phi) is 5.70. The zero-order chi connectivity index (χ0) is 17.7. The van der Waals surface area contributed by atoms with E-state index in [1.54, 1.807) is 25.9 Å². The van der Waals surface area contributed by atoms with Crippen molar-refractivity contribution in [2.24, 2.45) is 0 Å². The van der Waals surface area contributed by atoms with Crippen LogP contribution in [0.3, 0.4) is 0 Å². The molecule has 1 aromatic carbocycles. The zero-order valence-corrected chi connectivity index (χ0v) is 13.9. The molecule has 2 rings (SSSR count). The van der Waals surface area contributed by atoms with Crippen LogP contribution in [0.5, 0.6) is 0 Å². The Hall–Kier alpha value is -2.67. The van der Waals surface area contributed by atoms with Crippen LogP contribution in [0, 0.1) is 0 Å². The third-order valence-electron chi connectivity index (χ3n) is 3.54. The summed E-state index contributed by atoms with van der Waals surface area (Å²) in [6.07, 6.45) is 1.54. The van der Waals surface area contributed by atoms with Gasteiger partial charge in [0.15, 0.2) is 5.56 Å². The van der Waals surface area contributed by atoms with Crippen molar-refractivity contribution in [3.63, 3.8) is 0 Å². The lowest BCUT2D eigenvalue weighted by Crippen LogP contribution is -2.40. The molecule has 0 aliphatic heterocycles. The Morgan fingerprint density at radius 2 is 1.92 bits per heavy atom. The van der Waals surface area contributed by atoms with E-state index in [1.807, 2.05) is 30.3 Å². The predicted octanol–water partition coefficient (Wildman–Crippen LogP) is 1.43. The molecule has 7 nitrogen and oxygen atoms in total. The van der Waals surface area contributed by atoms with Gasteiger partial charge in [-0.3, -0.25) is 9.69 Å². The van der Waals surface area contributed by atoms with E-state index in [1.165, 1.54) is 0 Å². The van der Waals surface area contributed by atoms with Gasteiger partial charge in [-0.25, -0.2) is 9.59 Å². The predicted molar refractivity (Wildman–Crippen MR) is 87.2 cm³/mol. The molecule has 128 valence electrons. The SMILES string of the molecule is CCOC(=O)c1cn(C(=O)[C@H](Cc2ccccc2)N(C)C)oc1=O. The van der Waals surface area contributed by atoms with Gasteiger partial charge in [0, 0.05) is 0 Å². The van der Waals surface area contributed by atoms with Crippen molar-refractivity contribution in [2.75, 3.05) is 20.7 Å². The summed E-state index contributed by atoms with van der Waals surface area (Å²) in [7, 11) is 3.53. The molecule has 0 fully saturated rings. The largest absolute Gasteiger partial charge is 0.462 e. The van der Waals surface area contributed by atoms with Crippen molar-refractivity contribution >= 4 is 11.9 Å². The lowest BCUT2D eigenvalue weighted by Gasteiger charge is -2.22. The number of aromatic nitrogens is 1. The summed E-state index contributed by atoms with van der Waals surface area (Å²) in [4.78, 5) is 37.8. The molecule has 24 heavy (non-hydrogen) atoms. The second-order valence-electron chi connectivity index (χ2n) is 5.48.